The van der Waals surface area contributed by atoms with E-state index in [1.807, 2.05) is 0 Å². The van der Waals surface area contributed by atoms with Crippen molar-refractivity contribution in [1.82, 2.24) is 9.80 Å². The van der Waals surface area contributed by atoms with Gasteiger partial charge in [-0.2, -0.15) is 0 Å². The van der Waals surface area contributed by atoms with E-state index in [-0.39, 0.29) is 12.1 Å². The van der Waals surface area contributed by atoms with Crippen LogP contribution in [-0.4, -0.2) is 64.3 Å². The van der Waals surface area contributed by atoms with E-state index in [4.69, 9.17) is 5.11 Å². The maximum absolute atomic E-state index is 11.9. The Morgan fingerprint density at radius 2 is 1.88 bits per heavy atom. The summed E-state index contributed by atoms with van der Waals surface area (Å²) in [5.41, 5.74) is 0. The molecule has 1 rings (SSSR count). The Morgan fingerprint density at radius 3 is 2.31 bits per heavy atom. The third kappa shape index (κ3) is 2.85. The highest BCUT2D eigenvalue weighted by Crippen LogP contribution is 2.12. The Morgan fingerprint density at radius 1 is 1.38 bits per heavy atom. The van der Waals surface area contributed by atoms with Crippen LogP contribution in [0.3, 0.4) is 0 Å². The summed E-state index contributed by atoms with van der Waals surface area (Å²) in [6.07, 6.45) is 0.772. The molecule has 0 aromatic rings. The van der Waals surface area contributed by atoms with Crippen molar-refractivity contribution < 1.29 is 19.8 Å². The minimum absolute atomic E-state index is 0.290. The fourth-order valence-electron chi connectivity index (χ4n) is 1.61. The minimum Gasteiger partial charge on any atom is -0.480 e. The van der Waals surface area contributed by atoms with Gasteiger partial charge in [0, 0.05) is 20.1 Å². The molecule has 1 saturated heterocycles. The number of likely N-dealkylation sites (N-methyl/N-ethyl adjacent to an activating group) is 1. The smallest absolute Gasteiger partial charge is 0.326 e. The number of carbonyl (C=O) groups excluding carboxylic acids is 1. The first-order valence-electron chi connectivity index (χ1n) is 5.36. The van der Waals surface area contributed by atoms with Crippen LogP contribution in [-0.2, 0) is 4.79 Å². The summed E-state index contributed by atoms with van der Waals surface area (Å²) in [7, 11) is 1.48. The maximum Gasteiger partial charge on any atom is 0.326 e. The molecule has 6 heteroatoms. The fourth-order valence-corrected chi connectivity index (χ4v) is 1.61. The van der Waals surface area contributed by atoms with Crippen LogP contribution in [0, 0.1) is 0 Å². The van der Waals surface area contributed by atoms with Crippen molar-refractivity contribution in [3.8, 4) is 0 Å². The van der Waals surface area contributed by atoms with Crippen molar-refractivity contribution in [3.05, 3.63) is 0 Å². The van der Waals surface area contributed by atoms with Crippen molar-refractivity contribution in [2.24, 2.45) is 0 Å². The summed E-state index contributed by atoms with van der Waals surface area (Å²) in [5.74, 6) is -1.02. The van der Waals surface area contributed by atoms with Gasteiger partial charge in [0.15, 0.2) is 0 Å². The van der Waals surface area contributed by atoms with Gasteiger partial charge in [-0.1, -0.05) is 0 Å². The Kier molecular flexibility index (Phi) is 4.12. The molecule has 16 heavy (non-hydrogen) atoms. The number of carboxylic acids is 1. The Balaban J connectivity index is 2.54. The van der Waals surface area contributed by atoms with Gasteiger partial charge < -0.3 is 20.0 Å². The molecule has 0 spiro atoms. The topological polar surface area (TPSA) is 81.1 Å². The summed E-state index contributed by atoms with van der Waals surface area (Å²) in [6.45, 7) is 2.44. The lowest BCUT2D eigenvalue weighted by Gasteiger charge is -2.34. The Labute approximate surface area is 94.4 Å². The zero-order valence-electron chi connectivity index (χ0n) is 9.59. The average molecular weight is 230 g/mol. The molecule has 0 aromatic heterocycles. The van der Waals surface area contributed by atoms with Gasteiger partial charge in [-0.05, 0) is 19.8 Å². The highest BCUT2D eigenvalue weighted by Gasteiger charge is 2.28. The highest BCUT2D eigenvalue weighted by molar-refractivity contribution is 5.82. The number of hydrogen-bond donors (Lipinski definition) is 2. The molecule has 0 bridgehead atoms. The molecule has 1 heterocycles. The van der Waals surface area contributed by atoms with Gasteiger partial charge in [0.1, 0.15) is 6.04 Å². The molecular formula is C10H18N2O4. The van der Waals surface area contributed by atoms with E-state index in [9.17, 15) is 14.7 Å². The zero-order chi connectivity index (χ0) is 12.3. The summed E-state index contributed by atoms with van der Waals surface area (Å²) in [5, 5.41) is 18.1. The standard InChI is InChI=1S/C10H18N2O4/c1-7(9(14)15)11(2)10(16)12-5-3-8(13)4-6-12/h7-8,13H,3-6H2,1-2H3,(H,14,15). The molecule has 1 aliphatic heterocycles. The van der Waals surface area contributed by atoms with E-state index >= 15 is 0 Å². The third-order valence-electron chi connectivity index (χ3n) is 2.98. The van der Waals surface area contributed by atoms with Gasteiger partial charge in [0.2, 0.25) is 0 Å². The predicted molar refractivity (Wildman–Crippen MR) is 57.1 cm³/mol. The number of aliphatic hydroxyl groups excluding tert-OH is 1. The largest absolute Gasteiger partial charge is 0.480 e. The Bertz CT molecular complexity index is 274. The van der Waals surface area contributed by atoms with Crippen LogP contribution in [0.15, 0.2) is 0 Å². The first kappa shape index (κ1) is 12.8. The molecule has 0 radical (unpaired) electrons. The van der Waals surface area contributed by atoms with Crippen LogP contribution < -0.4 is 0 Å². The third-order valence-corrected chi connectivity index (χ3v) is 2.98. The van der Waals surface area contributed by atoms with E-state index in [0.717, 1.165) is 0 Å². The molecule has 1 unspecified atom stereocenters. The SMILES string of the molecule is CC(C(=O)O)N(C)C(=O)N1CCC(O)CC1. The van der Waals surface area contributed by atoms with Crippen LogP contribution in [0.4, 0.5) is 4.79 Å². The quantitative estimate of drug-likeness (QED) is 0.698. The lowest BCUT2D eigenvalue weighted by molar-refractivity contribution is -0.141. The van der Waals surface area contributed by atoms with Gasteiger partial charge in [0.05, 0.1) is 6.10 Å². The Hall–Kier alpha value is -1.30. The normalized spacial score (nSPS) is 19.3. The summed E-state index contributed by atoms with van der Waals surface area (Å²) in [4.78, 5) is 25.4. The number of urea groups is 1. The van der Waals surface area contributed by atoms with Crippen molar-refractivity contribution in [1.29, 1.82) is 0 Å². The second kappa shape index (κ2) is 5.16. The number of nitrogens with zero attached hydrogens (tertiary/aromatic N) is 2. The molecule has 1 fully saturated rings. The maximum atomic E-state index is 11.9. The number of hydrogen-bond acceptors (Lipinski definition) is 3. The molecule has 1 atom stereocenters. The van der Waals surface area contributed by atoms with Crippen molar-refractivity contribution >= 4 is 12.0 Å². The lowest BCUT2D eigenvalue weighted by Crippen LogP contribution is -2.50. The van der Waals surface area contributed by atoms with Crippen molar-refractivity contribution in [2.45, 2.75) is 31.9 Å². The number of carbonyl (C=O) groups is 2. The number of rotatable bonds is 2. The molecule has 2 amide bonds. The van der Waals surface area contributed by atoms with Crippen LogP contribution >= 0.6 is 0 Å². The van der Waals surface area contributed by atoms with Crippen molar-refractivity contribution in [2.75, 3.05) is 20.1 Å². The molecule has 92 valence electrons. The van der Waals surface area contributed by atoms with E-state index in [2.05, 4.69) is 0 Å². The van der Waals surface area contributed by atoms with Gasteiger partial charge in [0.25, 0.3) is 0 Å². The molecule has 0 aliphatic carbocycles. The lowest BCUT2D eigenvalue weighted by atomic mass is 10.1. The van der Waals surface area contributed by atoms with Crippen LogP contribution in [0.1, 0.15) is 19.8 Å². The molecule has 0 saturated carbocycles. The number of aliphatic hydroxyl groups is 1. The summed E-state index contributed by atoms with van der Waals surface area (Å²) < 4.78 is 0. The zero-order valence-corrected chi connectivity index (χ0v) is 9.59. The number of likely N-dealkylation sites (tertiary alicyclic amines) is 1. The number of carboxylic acid groups (broad SMARTS) is 1. The van der Waals surface area contributed by atoms with Crippen LogP contribution in [0.25, 0.3) is 0 Å². The predicted octanol–water partition coefficient (Wildman–Crippen LogP) is -0.0320. The molecule has 2 N–H and O–H groups in total. The van der Waals surface area contributed by atoms with E-state index in [1.165, 1.54) is 18.9 Å². The molecule has 1 aliphatic rings. The minimum atomic E-state index is -1.02. The fraction of sp³-hybridized carbons (Fsp3) is 0.800. The van der Waals surface area contributed by atoms with Gasteiger partial charge >= 0.3 is 12.0 Å². The van der Waals surface area contributed by atoms with E-state index in [1.54, 1.807) is 4.90 Å². The van der Waals surface area contributed by atoms with E-state index in [0.29, 0.717) is 25.9 Å². The number of aliphatic carboxylic acids is 1. The average Bonchev–Trinajstić information content (AvgIpc) is 2.27. The summed E-state index contributed by atoms with van der Waals surface area (Å²) >= 11 is 0. The molecule has 6 nitrogen and oxygen atoms in total. The molecule has 0 aromatic carbocycles. The second-order valence-corrected chi connectivity index (χ2v) is 4.13. The van der Waals surface area contributed by atoms with Crippen LogP contribution in [0.5, 0.6) is 0 Å². The van der Waals surface area contributed by atoms with Gasteiger partial charge in [-0.3, -0.25) is 0 Å². The number of piperidine rings is 1. The second-order valence-electron chi connectivity index (χ2n) is 4.13. The highest BCUT2D eigenvalue weighted by atomic mass is 16.4. The monoisotopic (exact) mass is 230 g/mol. The van der Waals surface area contributed by atoms with Gasteiger partial charge in [-0.25, -0.2) is 9.59 Å². The van der Waals surface area contributed by atoms with Gasteiger partial charge in [-0.15, -0.1) is 0 Å². The van der Waals surface area contributed by atoms with E-state index < -0.39 is 12.0 Å². The van der Waals surface area contributed by atoms with Crippen molar-refractivity contribution in [3.63, 3.8) is 0 Å². The molecular weight excluding hydrogens is 212 g/mol. The number of amides is 2. The summed E-state index contributed by atoms with van der Waals surface area (Å²) in [6, 6.07) is -1.12. The first-order valence-corrected chi connectivity index (χ1v) is 5.36. The first-order chi connectivity index (χ1) is 7.43. The van der Waals surface area contributed by atoms with Crippen LogP contribution in [0.2, 0.25) is 0 Å².